The van der Waals surface area contributed by atoms with Gasteiger partial charge >= 0.3 is 0 Å². The monoisotopic (exact) mass is 263 g/mol. The molecule has 0 aliphatic carbocycles. The van der Waals surface area contributed by atoms with Crippen LogP contribution in [0.5, 0.6) is 0 Å². The lowest BCUT2D eigenvalue weighted by molar-refractivity contribution is 0.102. The van der Waals surface area contributed by atoms with Gasteiger partial charge in [-0.1, -0.05) is 12.1 Å². The first kappa shape index (κ1) is 12.5. The van der Waals surface area contributed by atoms with Gasteiger partial charge in [0.25, 0.3) is 5.91 Å². The van der Waals surface area contributed by atoms with Gasteiger partial charge in [-0.3, -0.25) is 14.1 Å². The van der Waals surface area contributed by atoms with E-state index >= 15 is 0 Å². The van der Waals surface area contributed by atoms with E-state index in [1.165, 1.54) is 0 Å². The number of aromatic nitrogens is 2. The quantitative estimate of drug-likeness (QED) is 0.878. The van der Waals surface area contributed by atoms with Crippen LogP contribution < -0.4 is 5.32 Å². The van der Waals surface area contributed by atoms with Crippen molar-refractivity contribution < 1.29 is 9.00 Å². The lowest BCUT2D eigenvalue weighted by atomic mass is 10.1. The second-order valence-corrected chi connectivity index (χ2v) is 5.28. The lowest BCUT2D eigenvalue weighted by Gasteiger charge is -2.04. The predicted molar refractivity (Wildman–Crippen MR) is 70.8 cm³/mol. The van der Waals surface area contributed by atoms with Crippen molar-refractivity contribution in [2.45, 2.75) is 5.75 Å². The molecule has 2 aromatic rings. The number of carbonyl (C=O) groups is 1. The Bertz CT molecular complexity index is 566. The number of hydrogen-bond acceptors (Lipinski definition) is 3. The summed E-state index contributed by atoms with van der Waals surface area (Å²) in [7, 11) is -0.917. The molecule has 1 unspecified atom stereocenters. The van der Waals surface area contributed by atoms with Crippen molar-refractivity contribution >= 4 is 22.5 Å². The van der Waals surface area contributed by atoms with Crippen LogP contribution in [0.15, 0.2) is 36.5 Å². The number of anilines is 1. The molecule has 94 valence electrons. The van der Waals surface area contributed by atoms with Gasteiger partial charge < -0.3 is 5.32 Å². The Morgan fingerprint density at radius 1 is 1.44 bits per heavy atom. The smallest absolute Gasteiger partial charge is 0.256 e. The largest absolute Gasteiger partial charge is 0.307 e. The third-order valence-corrected chi connectivity index (χ3v) is 3.05. The molecule has 1 atom stereocenters. The minimum absolute atomic E-state index is 0.219. The van der Waals surface area contributed by atoms with Crippen molar-refractivity contribution in [2.24, 2.45) is 0 Å². The van der Waals surface area contributed by atoms with E-state index in [-0.39, 0.29) is 5.91 Å². The molecule has 0 saturated heterocycles. The highest BCUT2D eigenvalue weighted by molar-refractivity contribution is 7.83. The molecular formula is C12H13N3O2S. The second kappa shape index (κ2) is 5.59. The Hall–Kier alpha value is -1.95. The summed E-state index contributed by atoms with van der Waals surface area (Å²) in [5.41, 5.74) is 1.42. The van der Waals surface area contributed by atoms with Gasteiger partial charge in [-0.15, -0.1) is 0 Å². The van der Waals surface area contributed by atoms with Crippen molar-refractivity contribution in [3.8, 4) is 0 Å². The fourth-order valence-corrected chi connectivity index (χ4v) is 2.21. The fourth-order valence-electron chi connectivity index (χ4n) is 1.56. The van der Waals surface area contributed by atoms with Crippen LogP contribution in [0.3, 0.4) is 0 Å². The summed E-state index contributed by atoms with van der Waals surface area (Å²) in [6, 6.07) is 8.77. The number of hydrogen-bond donors (Lipinski definition) is 2. The molecule has 1 aromatic carbocycles. The van der Waals surface area contributed by atoms with Crippen molar-refractivity contribution in [2.75, 3.05) is 11.6 Å². The average Bonchev–Trinajstić information content (AvgIpc) is 2.81. The topological polar surface area (TPSA) is 74.8 Å². The number of nitrogens with zero attached hydrogens (tertiary/aromatic N) is 1. The summed E-state index contributed by atoms with van der Waals surface area (Å²) in [5.74, 6) is 0.776. The van der Waals surface area contributed by atoms with E-state index in [0.29, 0.717) is 17.1 Å². The van der Waals surface area contributed by atoms with Crippen LogP contribution >= 0.6 is 0 Å². The molecule has 0 aliphatic heterocycles. The second-order valence-electron chi connectivity index (χ2n) is 3.84. The molecule has 1 amide bonds. The maximum Gasteiger partial charge on any atom is 0.256 e. The Labute approximate surface area is 107 Å². The van der Waals surface area contributed by atoms with Gasteiger partial charge in [0.2, 0.25) is 0 Å². The normalized spacial score (nSPS) is 12.1. The predicted octanol–water partition coefficient (Wildman–Crippen LogP) is 1.54. The highest BCUT2D eigenvalue weighted by Crippen LogP contribution is 2.09. The van der Waals surface area contributed by atoms with Gasteiger partial charge in [0, 0.05) is 34.4 Å². The molecule has 2 rings (SSSR count). The SMILES string of the molecule is CS(=O)Cc1cccc(C(=O)Nc2ccn[nH]2)c1. The zero-order chi connectivity index (χ0) is 13.0. The Balaban J connectivity index is 2.12. The molecule has 0 saturated carbocycles. The van der Waals surface area contributed by atoms with Crippen LogP contribution in [0.1, 0.15) is 15.9 Å². The summed E-state index contributed by atoms with van der Waals surface area (Å²) in [6.45, 7) is 0. The summed E-state index contributed by atoms with van der Waals surface area (Å²) < 4.78 is 11.1. The molecule has 0 spiro atoms. The lowest BCUT2D eigenvalue weighted by Crippen LogP contribution is -2.12. The van der Waals surface area contributed by atoms with Crippen molar-refractivity contribution in [3.05, 3.63) is 47.7 Å². The molecule has 18 heavy (non-hydrogen) atoms. The first-order valence-corrected chi connectivity index (χ1v) is 7.07. The molecule has 0 aliphatic rings. The Morgan fingerprint density at radius 3 is 2.94 bits per heavy atom. The van der Waals surface area contributed by atoms with E-state index in [2.05, 4.69) is 15.5 Å². The van der Waals surface area contributed by atoms with Gasteiger partial charge in [0.15, 0.2) is 0 Å². The molecular weight excluding hydrogens is 250 g/mol. The van der Waals surface area contributed by atoms with E-state index in [1.54, 1.807) is 36.7 Å². The van der Waals surface area contributed by atoms with Crippen molar-refractivity contribution in [1.82, 2.24) is 10.2 Å². The highest BCUT2D eigenvalue weighted by Gasteiger charge is 2.07. The van der Waals surface area contributed by atoms with Crippen LogP contribution in [-0.4, -0.2) is 26.6 Å². The Kier molecular flexibility index (Phi) is 3.88. The number of nitrogens with one attached hydrogen (secondary N) is 2. The molecule has 5 nitrogen and oxygen atoms in total. The molecule has 1 heterocycles. The van der Waals surface area contributed by atoms with Crippen molar-refractivity contribution in [1.29, 1.82) is 0 Å². The van der Waals surface area contributed by atoms with E-state index < -0.39 is 10.8 Å². The van der Waals surface area contributed by atoms with Gasteiger partial charge in [0.1, 0.15) is 5.82 Å². The highest BCUT2D eigenvalue weighted by atomic mass is 32.2. The standard InChI is InChI=1S/C12H13N3O2S/c1-18(17)8-9-3-2-4-10(7-9)12(16)14-11-5-6-13-15-11/h2-7H,8H2,1H3,(H2,13,14,15,16). The third kappa shape index (κ3) is 3.27. The van der Waals surface area contributed by atoms with Crippen LogP contribution in [0.2, 0.25) is 0 Å². The van der Waals surface area contributed by atoms with Crippen molar-refractivity contribution in [3.63, 3.8) is 0 Å². The minimum atomic E-state index is -0.917. The van der Waals surface area contributed by atoms with Gasteiger partial charge in [-0.2, -0.15) is 5.10 Å². The van der Waals surface area contributed by atoms with Crippen LogP contribution in [-0.2, 0) is 16.6 Å². The number of aromatic amines is 1. The zero-order valence-corrected chi connectivity index (χ0v) is 10.7. The fraction of sp³-hybridized carbons (Fsp3) is 0.167. The van der Waals surface area contributed by atoms with Gasteiger partial charge in [0.05, 0.1) is 6.20 Å². The molecule has 0 fully saturated rings. The molecule has 0 bridgehead atoms. The molecule has 2 N–H and O–H groups in total. The maximum absolute atomic E-state index is 11.9. The first-order valence-electron chi connectivity index (χ1n) is 5.35. The van der Waals surface area contributed by atoms with Crippen LogP contribution in [0, 0.1) is 0 Å². The van der Waals surface area contributed by atoms with Crippen LogP contribution in [0.4, 0.5) is 5.82 Å². The third-order valence-electron chi connectivity index (χ3n) is 2.31. The number of benzene rings is 1. The number of rotatable bonds is 4. The summed E-state index contributed by atoms with van der Waals surface area (Å²) in [4.78, 5) is 11.9. The van der Waals surface area contributed by atoms with Gasteiger partial charge in [-0.25, -0.2) is 0 Å². The van der Waals surface area contributed by atoms with Crippen LogP contribution in [0.25, 0.3) is 0 Å². The van der Waals surface area contributed by atoms with E-state index in [4.69, 9.17) is 0 Å². The molecule has 0 radical (unpaired) electrons. The maximum atomic E-state index is 11.9. The number of amides is 1. The zero-order valence-electron chi connectivity index (χ0n) is 9.84. The van der Waals surface area contributed by atoms with E-state index in [9.17, 15) is 9.00 Å². The van der Waals surface area contributed by atoms with Gasteiger partial charge in [-0.05, 0) is 17.7 Å². The number of carbonyl (C=O) groups excluding carboxylic acids is 1. The average molecular weight is 263 g/mol. The summed E-state index contributed by atoms with van der Waals surface area (Å²) in [5, 5.41) is 9.09. The number of H-pyrrole nitrogens is 1. The molecule has 6 heteroatoms. The van der Waals surface area contributed by atoms with E-state index in [0.717, 1.165) is 5.56 Å². The van der Waals surface area contributed by atoms with E-state index in [1.807, 2.05) is 6.07 Å². The first-order chi connectivity index (χ1) is 8.65. The molecule has 1 aromatic heterocycles. The summed E-state index contributed by atoms with van der Waals surface area (Å²) >= 11 is 0. The summed E-state index contributed by atoms with van der Waals surface area (Å²) in [6.07, 6.45) is 3.20. The Morgan fingerprint density at radius 2 is 2.28 bits per heavy atom. The minimum Gasteiger partial charge on any atom is -0.307 e.